The quantitative estimate of drug-likeness (QED) is 0.651. The first kappa shape index (κ1) is 16.7. The molecule has 4 nitrogen and oxygen atoms in total. The zero-order valence-electron chi connectivity index (χ0n) is 14.1. The van der Waals surface area contributed by atoms with Crippen LogP contribution in [0.15, 0.2) is 48.5 Å². The summed E-state index contributed by atoms with van der Waals surface area (Å²) < 4.78 is 19.3. The normalized spacial score (nSPS) is 15.9. The van der Waals surface area contributed by atoms with Crippen LogP contribution in [0.3, 0.4) is 0 Å². The molecule has 4 rings (SSSR count). The number of rotatable bonds is 3. The average molecular weight is 369 g/mol. The number of hydrogen-bond donors (Lipinski definition) is 0. The van der Waals surface area contributed by atoms with E-state index in [1.807, 2.05) is 31.2 Å². The summed E-state index contributed by atoms with van der Waals surface area (Å²) in [6, 6.07) is 13.7. The average Bonchev–Trinajstić information content (AvgIpc) is 3.18. The smallest absolute Gasteiger partial charge is 0.348 e. The first-order chi connectivity index (χ1) is 12.5. The molecule has 0 saturated heterocycles. The third-order valence-electron chi connectivity index (χ3n) is 4.48. The van der Waals surface area contributed by atoms with Crippen molar-refractivity contribution in [1.29, 1.82) is 0 Å². The van der Waals surface area contributed by atoms with Crippen LogP contribution in [0.1, 0.15) is 22.2 Å². The lowest BCUT2D eigenvalue weighted by Gasteiger charge is -2.22. The van der Waals surface area contributed by atoms with Gasteiger partial charge in [-0.05, 0) is 54.6 Å². The summed E-state index contributed by atoms with van der Waals surface area (Å²) >= 11 is 1.22. The van der Waals surface area contributed by atoms with Crippen molar-refractivity contribution in [3.63, 3.8) is 0 Å². The van der Waals surface area contributed by atoms with E-state index in [9.17, 15) is 14.0 Å². The van der Waals surface area contributed by atoms with Crippen LogP contribution in [-0.4, -0.2) is 24.5 Å². The Morgan fingerprint density at radius 2 is 2.04 bits per heavy atom. The number of nitrogens with zero attached hydrogens (tertiary/aromatic N) is 1. The van der Waals surface area contributed by atoms with Gasteiger partial charge in [-0.3, -0.25) is 4.79 Å². The number of halogens is 1. The molecule has 0 saturated carbocycles. The molecule has 0 radical (unpaired) electrons. The van der Waals surface area contributed by atoms with Crippen LogP contribution in [0.2, 0.25) is 0 Å². The number of amides is 1. The first-order valence-corrected chi connectivity index (χ1v) is 9.11. The molecular weight excluding hydrogens is 353 g/mol. The van der Waals surface area contributed by atoms with Crippen molar-refractivity contribution in [2.75, 3.05) is 11.5 Å². The van der Waals surface area contributed by atoms with Crippen LogP contribution in [0.25, 0.3) is 10.1 Å². The molecular formula is C20H16FNO3S. The van der Waals surface area contributed by atoms with E-state index in [1.54, 1.807) is 17.0 Å². The third kappa shape index (κ3) is 2.97. The van der Waals surface area contributed by atoms with E-state index < -0.39 is 5.97 Å². The number of para-hydroxylation sites is 1. The van der Waals surface area contributed by atoms with Gasteiger partial charge in [-0.15, -0.1) is 11.3 Å². The highest BCUT2D eigenvalue weighted by molar-refractivity contribution is 7.20. The molecule has 6 heteroatoms. The topological polar surface area (TPSA) is 46.6 Å². The molecule has 0 aliphatic carbocycles. The summed E-state index contributed by atoms with van der Waals surface area (Å²) in [5.74, 6) is -1.17. The Hall–Kier alpha value is -2.73. The van der Waals surface area contributed by atoms with Gasteiger partial charge < -0.3 is 9.64 Å². The lowest BCUT2D eigenvalue weighted by Crippen LogP contribution is -2.38. The van der Waals surface area contributed by atoms with Gasteiger partial charge in [-0.25, -0.2) is 9.18 Å². The maximum Gasteiger partial charge on any atom is 0.348 e. The standard InChI is InChI=1S/C20H16FNO3S/c1-12-8-13-4-2-3-5-16(13)22(12)19(23)11-25-20(24)18-10-14-9-15(21)6-7-17(14)26-18/h2-7,9-10,12H,8,11H2,1H3/t12-/m0/s1. The number of benzene rings is 2. The highest BCUT2D eigenvalue weighted by Gasteiger charge is 2.31. The largest absolute Gasteiger partial charge is 0.451 e. The number of ether oxygens (including phenoxy) is 1. The maximum absolute atomic E-state index is 13.3. The van der Waals surface area contributed by atoms with Gasteiger partial charge in [0, 0.05) is 16.4 Å². The molecule has 1 aromatic heterocycles. The van der Waals surface area contributed by atoms with Gasteiger partial charge in [-0.1, -0.05) is 18.2 Å². The van der Waals surface area contributed by atoms with E-state index in [4.69, 9.17) is 4.74 Å². The minimum absolute atomic E-state index is 0.0332. The molecule has 1 amide bonds. The SMILES string of the molecule is C[C@H]1Cc2ccccc2N1C(=O)COC(=O)c1cc2cc(F)ccc2s1. The molecule has 2 aromatic carbocycles. The van der Waals surface area contributed by atoms with E-state index in [2.05, 4.69) is 0 Å². The molecule has 0 bridgehead atoms. The van der Waals surface area contributed by atoms with Gasteiger partial charge in [0.15, 0.2) is 6.61 Å². The van der Waals surface area contributed by atoms with Crippen molar-refractivity contribution in [2.45, 2.75) is 19.4 Å². The predicted molar refractivity (Wildman–Crippen MR) is 99.2 cm³/mol. The van der Waals surface area contributed by atoms with E-state index in [0.717, 1.165) is 22.4 Å². The monoisotopic (exact) mass is 369 g/mol. The van der Waals surface area contributed by atoms with Crippen molar-refractivity contribution < 1.29 is 18.7 Å². The zero-order valence-corrected chi connectivity index (χ0v) is 14.9. The summed E-state index contributed by atoms with van der Waals surface area (Å²) in [5.41, 5.74) is 1.99. The summed E-state index contributed by atoms with van der Waals surface area (Å²) in [6.07, 6.45) is 0.789. The Labute approximate surface area is 153 Å². The summed E-state index contributed by atoms with van der Waals surface area (Å²) in [5, 5.41) is 0.648. The summed E-state index contributed by atoms with van der Waals surface area (Å²) in [6.45, 7) is 1.65. The van der Waals surface area contributed by atoms with Crippen molar-refractivity contribution >= 4 is 39.0 Å². The molecule has 0 fully saturated rings. The molecule has 1 aliphatic heterocycles. The Morgan fingerprint density at radius 3 is 2.88 bits per heavy atom. The fourth-order valence-electron chi connectivity index (χ4n) is 3.33. The van der Waals surface area contributed by atoms with Crippen LogP contribution >= 0.6 is 11.3 Å². The van der Waals surface area contributed by atoms with E-state index >= 15 is 0 Å². The minimum atomic E-state index is -0.569. The first-order valence-electron chi connectivity index (χ1n) is 8.29. The second kappa shape index (κ2) is 6.53. The lowest BCUT2D eigenvalue weighted by atomic mass is 10.1. The number of thiophene rings is 1. The number of hydrogen-bond acceptors (Lipinski definition) is 4. The second-order valence-corrected chi connectivity index (χ2v) is 7.40. The number of carbonyl (C=O) groups excluding carboxylic acids is 2. The van der Waals surface area contributed by atoms with Crippen molar-refractivity contribution in [2.24, 2.45) is 0 Å². The van der Waals surface area contributed by atoms with Crippen LogP contribution in [-0.2, 0) is 16.0 Å². The predicted octanol–water partition coefficient (Wildman–Crippen LogP) is 4.18. The zero-order chi connectivity index (χ0) is 18.3. The van der Waals surface area contributed by atoms with Gasteiger partial charge in [0.2, 0.25) is 0 Å². The highest BCUT2D eigenvalue weighted by Crippen LogP contribution is 2.32. The van der Waals surface area contributed by atoms with Crippen LogP contribution in [0.5, 0.6) is 0 Å². The number of esters is 1. The molecule has 0 spiro atoms. The van der Waals surface area contributed by atoms with Gasteiger partial charge in [0.05, 0.1) is 0 Å². The number of anilines is 1. The van der Waals surface area contributed by atoms with Crippen molar-refractivity contribution in [3.05, 3.63) is 64.8 Å². The molecule has 0 unspecified atom stereocenters. The van der Waals surface area contributed by atoms with Gasteiger partial charge >= 0.3 is 5.97 Å². The Balaban J connectivity index is 1.46. The fraction of sp³-hybridized carbons (Fsp3) is 0.200. The Kier molecular flexibility index (Phi) is 4.20. The molecule has 2 heterocycles. The highest BCUT2D eigenvalue weighted by atomic mass is 32.1. The fourth-order valence-corrected chi connectivity index (χ4v) is 4.27. The van der Waals surface area contributed by atoms with Crippen molar-refractivity contribution in [3.8, 4) is 0 Å². The summed E-state index contributed by atoms with van der Waals surface area (Å²) in [4.78, 5) is 26.9. The van der Waals surface area contributed by atoms with Crippen LogP contribution in [0, 0.1) is 5.82 Å². The van der Waals surface area contributed by atoms with E-state index in [-0.39, 0.29) is 24.4 Å². The van der Waals surface area contributed by atoms with Crippen molar-refractivity contribution in [1.82, 2.24) is 0 Å². The Bertz CT molecular complexity index is 1010. The molecule has 1 aliphatic rings. The van der Waals surface area contributed by atoms with E-state index in [1.165, 1.54) is 23.5 Å². The lowest BCUT2D eigenvalue weighted by molar-refractivity contribution is -0.122. The molecule has 26 heavy (non-hydrogen) atoms. The third-order valence-corrected chi connectivity index (χ3v) is 5.58. The molecule has 0 N–H and O–H groups in total. The van der Waals surface area contributed by atoms with Gasteiger partial charge in [0.25, 0.3) is 5.91 Å². The minimum Gasteiger partial charge on any atom is -0.451 e. The Morgan fingerprint density at radius 1 is 1.23 bits per heavy atom. The van der Waals surface area contributed by atoms with Crippen LogP contribution < -0.4 is 4.90 Å². The number of fused-ring (bicyclic) bond motifs is 2. The molecule has 132 valence electrons. The van der Waals surface area contributed by atoms with Gasteiger partial charge in [-0.2, -0.15) is 0 Å². The van der Waals surface area contributed by atoms with E-state index in [0.29, 0.717) is 10.3 Å². The number of carbonyl (C=O) groups is 2. The summed E-state index contributed by atoms with van der Waals surface area (Å²) in [7, 11) is 0. The van der Waals surface area contributed by atoms with Gasteiger partial charge in [0.1, 0.15) is 10.7 Å². The maximum atomic E-state index is 13.3. The molecule has 3 aromatic rings. The van der Waals surface area contributed by atoms with Crippen LogP contribution in [0.4, 0.5) is 10.1 Å². The molecule has 1 atom stereocenters. The second-order valence-electron chi connectivity index (χ2n) is 6.31.